The summed E-state index contributed by atoms with van der Waals surface area (Å²) in [4.78, 5) is 22.7. The van der Waals surface area contributed by atoms with Crippen LogP contribution in [0.5, 0.6) is 0 Å². The van der Waals surface area contributed by atoms with E-state index in [1.807, 2.05) is 0 Å². The molecule has 1 aromatic carbocycles. The first-order chi connectivity index (χ1) is 9.95. The number of benzene rings is 1. The van der Waals surface area contributed by atoms with Crippen LogP contribution >= 0.6 is 11.6 Å². The van der Waals surface area contributed by atoms with Gasteiger partial charge in [0.05, 0.1) is 17.1 Å². The van der Waals surface area contributed by atoms with E-state index in [-0.39, 0.29) is 17.9 Å². The van der Waals surface area contributed by atoms with Crippen molar-refractivity contribution >= 4 is 17.6 Å². The van der Waals surface area contributed by atoms with E-state index >= 15 is 0 Å². The number of carbonyl (C=O) groups is 1. The number of ether oxygens (including phenoxy) is 2. The summed E-state index contributed by atoms with van der Waals surface area (Å²) in [7, 11) is 0. The van der Waals surface area contributed by atoms with E-state index < -0.39 is 23.0 Å². The minimum Gasteiger partial charge on any atom is -0.463 e. The third kappa shape index (κ3) is 3.00. The molecule has 0 aromatic heterocycles. The van der Waals surface area contributed by atoms with Gasteiger partial charge in [-0.05, 0) is 31.5 Å². The van der Waals surface area contributed by atoms with Crippen molar-refractivity contribution in [3.63, 3.8) is 0 Å². The molecule has 0 aliphatic carbocycles. The number of halogens is 1. The predicted octanol–water partition coefficient (Wildman–Crippen LogP) is 2.89. The maximum atomic E-state index is 12.1. The Hall–Kier alpha value is -2.08. The molecule has 0 saturated heterocycles. The lowest BCUT2D eigenvalue weighted by atomic mass is 9.90. The van der Waals surface area contributed by atoms with Crippen LogP contribution in [0.15, 0.2) is 35.6 Å². The number of nitro groups is 1. The molecule has 1 heterocycles. The number of carbonyl (C=O) groups excluding carboxylic acids is 1. The molecular weight excluding hydrogens is 298 g/mol. The van der Waals surface area contributed by atoms with E-state index in [1.165, 1.54) is 6.92 Å². The highest BCUT2D eigenvalue weighted by Gasteiger charge is 2.47. The van der Waals surface area contributed by atoms with Crippen LogP contribution in [0.4, 0.5) is 0 Å². The van der Waals surface area contributed by atoms with Gasteiger partial charge in [-0.15, -0.1) is 0 Å². The summed E-state index contributed by atoms with van der Waals surface area (Å²) >= 11 is 5.83. The van der Waals surface area contributed by atoms with Crippen LogP contribution in [0, 0.1) is 10.1 Å². The molecule has 7 heteroatoms. The zero-order valence-electron chi connectivity index (χ0n) is 11.5. The highest BCUT2D eigenvalue weighted by Crippen LogP contribution is 2.40. The van der Waals surface area contributed by atoms with E-state index in [0.717, 1.165) is 0 Å². The molecule has 2 unspecified atom stereocenters. The average molecular weight is 312 g/mol. The number of hydrogen-bond acceptors (Lipinski definition) is 5. The van der Waals surface area contributed by atoms with Gasteiger partial charge in [0.25, 0.3) is 0 Å². The Bertz CT molecular complexity index is 596. The summed E-state index contributed by atoms with van der Waals surface area (Å²) in [6.45, 7) is 3.39. The SMILES string of the molecule is CCOC(=O)C1=C(C)OC([N+](=O)[O-])C1c1ccc(Cl)cc1. The smallest absolute Gasteiger partial charge is 0.364 e. The summed E-state index contributed by atoms with van der Waals surface area (Å²) < 4.78 is 10.2. The first-order valence-corrected chi connectivity index (χ1v) is 6.77. The van der Waals surface area contributed by atoms with Crippen LogP contribution in [0.1, 0.15) is 25.3 Å². The molecule has 112 valence electrons. The van der Waals surface area contributed by atoms with Gasteiger partial charge in [-0.1, -0.05) is 23.7 Å². The predicted molar refractivity (Wildman–Crippen MR) is 75.4 cm³/mol. The van der Waals surface area contributed by atoms with Crippen molar-refractivity contribution in [2.24, 2.45) is 0 Å². The van der Waals surface area contributed by atoms with Crippen molar-refractivity contribution in [1.82, 2.24) is 0 Å². The van der Waals surface area contributed by atoms with Gasteiger partial charge < -0.3 is 9.47 Å². The molecule has 0 fully saturated rings. The van der Waals surface area contributed by atoms with Crippen LogP contribution in [0.3, 0.4) is 0 Å². The third-order valence-electron chi connectivity index (χ3n) is 3.21. The lowest BCUT2D eigenvalue weighted by Crippen LogP contribution is -2.28. The normalized spacial score (nSPS) is 21.1. The average Bonchev–Trinajstić information content (AvgIpc) is 2.78. The zero-order valence-corrected chi connectivity index (χ0v) is 12.3. The molecule has 1 aromatic rings. The first-order valence-electron chi connectivity index (χ1n) is 6.39. The fourth-order valence-corrected chi connectivity index (χ4v) is 2.45. The Morgan fingerprint density at radius 1 is 1.43 bits per heavy atom. The van der Waals surface area contributed by atoms with Crippen LogP contribution in [-0.2, 0) is 14.3 Å². The van der Waals surface area contributed by atoms with E-state index in [0.29, 0.717) is 10.6 Å². The van der Waals surface area contributed by atoms with Gasteiger partial charge in [-0.3, -0.25) is 10.1 Å². The first kappa shape index (κ1) is 15.3. The van der Waals surface area contributed by atoms with Gasteiger partial charge in [0, 0.05) is 5.02 Å². The molecule has 1 aliphatic rings. The van der Waals surface area contributed by atoms with Crippen LogP contribution in [-0.4, -0.2) is 23.7 Å². The van der Waals surface area contributed by atoms with Crippen LogP contribution in [0.2, 0.25) is 5.02 Å². The number of allylic oxidation sites excluding steroid dienone is 1. The summed E-state index contributed by atoms with van der Waals surface area (Å²) in [5.74, 6) is -1.19. The van der Waals surface area contributed by atoms with E-state index in [9.17, 15) is 14.9 Å². The third-order valence-corrected chi connectivity index (χ3v) is 3.46. The molecule has 1 aliphatic heterocycles. The van der Waals surface area contributed by atoms with Crippen molar-refractivity contribution in [3.8, 4) is 0 Å². The highest BCUT2D eigenvalue weighted by molar-refractivity contribution is 6.30. The molecule has 0 amide bonds. The molecule has 21 heavy (non-hydrogen) atoms. The van der Waals surface area contributed by atoms with Crippen molar-refractivity contribution in [2.75, 3.05) is 6.61 Å². The zero-order chi connectivity index (χ0) is 15.6. The second kappa shape index (κ2) is 6.13. The van der Waals surface area contributed by atoms with Crippen molar-refractivity contribution in [1.29, 1.82) is 0 Å². The van der Waals surface area contributed by atoms with Gasteiger partial charge in [-0.25, -0.2) is 4.79 Å². The lowest BCUT2D eigenvalue weighted by Gasteiger charge is -2.15. The van der Waals surface area contributed by atoms with E-state index in [2.05, 4.69) is 0 Å². The number of hydrogen-bond donors (Lipinski definition) is 0. The second-order valence-electron chi connectivity index (χ2n) is 4.51. The number of esters is 1. The molecular formula is C14H14ClNO5. The second-order valence-corrected chi connectivity index (χ2v) is 4.95. The molecule has 2 atom stereocenters. The minimum atomic E-state index is -1.34. The summed E-state index contributed by atoms with van der Waals surface area (Å²) in [5.41, 5.74) is 0.766. The summed E-state index contributed by atoms with van der Waals surface area (Å²) in [6.07, 6.45) is -1.34. The quantitative estimate of drug-likeness (QED) is 0.485. The Labute approximate surface area is 126 Å². The van der Waals surface area contributed by atoms with Crippen molar-refractivity contribution < 1.29 is 19.2 Å². The number of nitrogens with zero attached hydrogens (tertiary/aromatic N) is 1. The fourth-order valence-electron chi connectivity index (χ4n) is 2.32. The Morgan fingerprint density at radius 3 is 2.57 bits per heavy atom. The monoisotopic (exact) mass is 311 g/mol. The van der Waals surface area contributed by atoms with Gasteiger partial charge in [0.1, 0.15) is 11.7 Å². The van der Waals surface area contributed by atoms with E-state index in [4.69, 9.17) is 21.1 Å². The van der Waals surface area contributed by atoms with Crippen molar-refractivity contribution in [2.45, 2.75) is 26.0 Å². The summed E-state index contributed by atoms with van der Waals surface area (Å²) in [6, 6.07) is 6.52. The summed E-state index contributed by atoms with van der Waals surface area (Å²) in [5, 5.41) is 11.7. The molecule has 0 bridgehead atoms. The molecule has 0 N–H and O–H groups in total. The Kier molecular flexibility index (Phi) is 4.47. The maximum absolute atomic E-state index is 12.1. The maximum Gasteiger partial charge on any atom is 0.364 e. The molecule has 6 nitrogen and oxygen atoms in total. The lowest BCUT2D eigenvalue weighted by molar-refractivity contribution is -0.570. The van der Waals surface area contributed by atoms with Gasteiger partial charge in [0.2, 0.25) is 0 Å². The van der Waals surface area contributed by atoms with Crippen molar-refractivity contribution in [3.05, 3.63) is 56.3 Å². The fraction of sp³-hybridized carbons (Fsp3) is 0.357. The van der Waals surface area contributed by atoms with Gasteiger partial charge in [-0.2, -0.15) is 0 Å². The van der Waals surface area contributed by atoms with Gasteiger partial charge in [0.15, 0.2) is 0 Å². The van der Waals surface area contributed by atoms with Crippen LogP contribution in [0.25, 0.3) is 0 Å². The molecule has 0 spiro atoms. The largest absolute Gasteiger partial charge is 0.463 e. The molecule has 0 saturated carbocycles. The standard InChI is InChI=1S/C14H14ClNO5/c1-3-20-14(17)11-8(2)21-13(16(18)19)12(11)9-4-6-10(15)7-5-9/h4-7,12-13H,3H2,1-2H3. The topological polar surface area (TPSA) is 78.7 Å². The number of rotatable bonds is 4. The Morgan fingerprint density at radius 2 is 2.05 bits per heavy atom. The van der Waals surface area contributed by atoms with E-state index in [1.54, 1.807) is 31.2 Å². The molecule has 0 radical (unpaired) electrons. The Balaban J connectivity index is 2.45. The molecule has 2 rings (SSSR count). The minimum absolute atomic E-state index is 0.181. The highest BCUT2D eigenvalue weighted by atomic mass is 35.5. The van der Waals surface area contributed by atoms with Gasteiger partial charge >= 0.3 is 12.2 Å². The van der Waals surface area contributed by atoms with Crippen LogP contribution < -0.4 is 0 Å².